The summed E-state index contributed by atoms with van der Waals surface area (Å²) in [4.78, 5) is 17.4. The minimum absolute atomic E-state index is 0.0951. The topological polar surface area (TPSA) is 49.3 Å². The van der Waals surface area contributed by atoms with Crippen molar-refractivity contribution in [2.24, 2.45) is 0 Å². The Bertz CT molecular complexity index is 823. The van der Waals surface area contributed by atoms with Crippen LogP contribution in [0.1, 0.15) is 31.5 Å². The van der Waals surface area contributed by atoms with Gasteiger partial charge < -0.3 is 9.80 Å². The van der Waals surface area contributed by atoms with Crippen LogP contribution >= 0.6 is 23.2 Å². The van der Waals surface area contributed by atoms with Crippen molar-refractivity contribution in [1.82, 2.24) is 15.1 Å². The molecule has 1 saturated heterocycles. The number of benzene rings is 1. The minimum atomic E-state index is -0.674. The Hall–Kier alpha value is -1.85. The van der Waals surface area contributed by atoms with Gasteiger partial charge in [-0.15, -0.1) is 5.10 Å². The molecule has 1 aliphatic heterocycles. The van der Waals surface area contributed by atoms with Crippen molar-refractivity contribution >= 4 is 34.9 Å². The molecule has 27 heavy (non-hydrogen) atoms. The van der Waals surface area contributed by atoms with Crippen molar-refractivity contribution in [1.29, 1.82) is 0 Å². The number of nitrogens with zero attached hydrogens (tertiary/aromatic N) is 4. The van der Waals surface area contributed by atoms with Crippen molar-refractivity contribution in [3.8, 4) is 0 Å². The molecule has 0 saturated carbocycles. The first-order valence-electron chi connectivity index (χ1n) is 9.09. The number of anilines is 1. The maximum absolute atomic E-state index is 13.3. The average Bonchev–Trinajstić information content (AvgIpc) is 2.90. The van der Waals surface area contributed by atoms with Crippen molar-refractivity contribution in [2.75, 3.05) is 31.1 Å². The fraction of sp³-hybridized carbons (Fsp3) is 0.450. The van der Waals surface area contributed by atoms with E-state index in [9.17, 15) is 4.79 Å². The molecule has 1 amide bonds. The summed E-state index contributed by atoms with van der Waals surface area (Å²) < 4.78 is 0. The fourth-order valence-electron chi connectivity index (χ4n) is 3.31. The molecule has 5 nitrogen and oxygen atoms in total. The Kier molecular flexibility index (Phi) is 5.92. The Morgan fingerprint density at radius 3 is 2.44 bits per heavy atom. The van der Waals surface area contributed by atoms with Gasteiger partial charge in [-0.25, -0.2) is 0 Å². The molecule has 1 fully saturated rings. The summed E-state index contributed by atoms with van der Waals surface area (Å²) in [7, 11) is 0. The summed E-state index contributed by atoms with van der Waals surface area (Å²) in [6.45, 7) is 8.75. The number of amides is 1. The number of rotatable bonds is 3. The van der Waals surface area contributed by atoms with Gasteiger partial charge in [0.1, 0.15) is 0 Å². The maximum atomic E-state index is 13.3. The molecule has 2 heterocycles. The molecule has 0 radical (unpaired) electrons. The van der Waals surface area contributed by atoms with Crippen LogP contribution in [0.4, 0.5) is 5.82 Å². The smallest absolute Gasteiger partial charge is 0.232 e. The van der Waals surface area contributed by atoms with Crippen LogP contribution in [0, 0.1) is 6.92 Å². The molecule has 0 unspecified atom stereocenters. The van der Waals surface area contributed by atoms with Crippen LogP contribution in [0.2, 0.25) is 10.0 Å². The number of carbonyl (C=O) groups is 1. The summed E-state index contributed by atoms with van der Waals surface area (Å²) >= 11 is 12.2. The van der Waals surface area contributed by atoms with Crippen molar-refractivity contribution in [3.63, 3.8) is 0 Å². The molecule has 2 aromatic rings. The number of halogens is 2. The van der Waals surface area contributed by atoms with Crippen molar-refractivity contribution in [3.05, 3.63) is 51.6 Å². The third-order valence-corrected chi connectivity index (χ3v) is 5.81. The lowest BCUT2D eigenvalue weighted by molar-refractivity contribution is -0.136. The normalized spacial score (nSPS) is 15.6. The standard InChI is InChI=1S/C20H24Cl2N4O/c1-14-5-8-18(24-23-14)25-9-4-10-26(12-11-25)19(27)20(2,3)15-6-7-16(21)17(22)13-15/h5-8,13H,4,9-12H2,1-3H3. The van der Waals surface area contributed by atoms with Gasteiger partial charge in [0.05, 0.1) is 21.2 Å². The first-order valence-corrected chi connectivity index (χ1v) is 9.85. The van der Waals surface area contributed by atoms with Gasteiger partial charge in [0.2, 0.25) is 5.91 Å². The van der Waals surface area contributed by atoms with Crippen LogP contribution in [-0.2, 0) is 10.2 Å². The second-order valence-corrected chi connectivity index (χ2v) is 8.23. The molecule has 0 atom stereocenters. The van der Waals surface area contributed by atoms with E-state index >= 15 is 0 Å². The van der Waals surface area contributed by atoms with Crippen LogP contribution in [0.15, 0.2) is 30.3 Å². The SMILES string of the molecule is Cc1ccc(N2CCCN(C(=O)C(C)(C)c3ccc(Cl)c(Cl)c3)CC2)nn1. The van der Waals surface area contributed by atoms with Crippen LogP contribution in [0.3, 0.4) is 0 Å². The predicted octanol–water partition coefficient (Wildman–Crippen LogP) is 4.11. The molecule has 1 aromatic heterocycles. The van der Waals surface area contributed by atoms with E-state index in [4.69, 9.17) is 23.2 Å². The quantitative estimate of drug-likeness (QED) is 0.769. The van der Waals surface area contributed by atoms with E-state index in [0.29, 0.717) is 16.6 Å². The highest BCUT2D eigenvalue weighted by Gasteiger charge is 2.35. The maximum Gasteiger partial charge on any atom is 0.232 e. The number of hydrogen-bond acceptors (Lipinski definition) is 4. The molecule has 0 spiro atoms. The zero-order valence-corrected chi connectivity index (χ0v) is 17.4. The second-order valence-electron chi connectivity index (χ2n) is 7.42. The Morgan fingerprint density at radius 2 is 1.78 bits per heavy atom. The van der Waals surface area contributed by atoms with Gasteiger partial charge in [0, 0.05) is 26.2 Å². The van der Waals surface area contributed by atoms with Crippen LogP contribution in [-0.4, -0.2) is 47.2 Å². The lowest BCUT2D eigenvalue weighted by Crippen LogP contribution is -2.45. The van der Waals surface area contributed by atoms with Gasteiger partial charge in [-0.3, -0.25) is 4.79 Å². The number of hydrogen-bond donors (Lipinski definition) is 0. The molecule has 1 aliphatic rings. The van der Waals surface area contributed by atoms with Crippen LogP contribution in [0.25, 0.3) is 0 Å². The monoisotopic (exact) mass is 406 g/mol. The molecule has 1 aromatic carbocycles. The van der Waals surface area contributed by atoms with E-state index in [2.05, 4.69) is 15.1 Å². The van der Waals surface area contributed by atoms with Gasteiger partial charge >= 0.3 is 0 Å². The van der Waals surface area contributed by atoms with E-state index in [0.717, 1.165) is 43.1 Å². The van der Waals surface area contributed by atoms with E-state index in [1.54, 1.807) is 12.1 Å². The van der Waals surface area contributed by atoms with E-state index in [1.165, 1.54) is 0 Å². The zero-order valence-electron chi connectivity index (χ0n) is 15.9. The third kappa shape index (κ3) is 4.36. The lowest BCUT2D eigenvalue weighted by atomic mass is 9.83. The summed E-state index contributed by atoms with van der Waals surface area (Å²) in [6.07, 6.45) is 0.888. The van der Waals surface area contributed by atoms with Crippen LogP contribution < -0.4 is 4.90 Å². The minimum Gasteiger partial charge on any atom is -0.353 e. The fourth-order valence-corrected chi connectivity index (χ4v) is 3.61. The lowest BCUT2D eigenvalue weighted by Gasteiger charge is -2.32. The Morgan fingerprint density at radius 1 is 1.00 bits per heavy atom. The highest BCUT2D eigenvalue weighted by atomic mass is 35.5. The molecule has 144 valence electrons. The molecule has 0 N–H and O–H groups in total. The average molecular weight is 407 g/mol. The first kappa shape index (κ1) is 19.9. The van der Waals surface area contributed by atoms with Gasteiger partial charge in [-0.1, -0.05) is 29.3 Å². The molecular formula is C20H24Cl2N4O. The second kappa shape index (κ2) is 8.03. The Labute approximate surface area is 170 Å². The predicted molar refractivity (Wildman–Crippen MR) is 110 cm³/mol. The summed E-state index contributed by atoms with van der Waals surface area (Å²) in [5, 5.41) is 9.37. The van der Waals surface area contributed by atoms with Crippen LogP contribution in [0.5, 0.6) is 0 Å². The highest BCUT2D eigenvalue weighted by Crippen LogP contribution is 2.31. The van der Waals surface area contributed by atoms with Gasteiger partial charge in [-0.2, -0.15) is 5.10 Å². The van der Waals surface area contributed by atoms with Gasteiger partial charge in [-0.05, 0) is 57.0 Å². The van der Waals surface area contributed by atoms with Gasteiger partial charge in [0.15, 0.2) is 5.82 Å². The van der Waals surface area contributed by atoms with Crippen molar-refractivity contribution in [2.45, 2.75) is 32.6 Å². The van der Waals surface area contributed by atoms with E-state index in [-0.39, 0.29) is 5.91 Å². The number of carbonyl (C=O) groups excluding carboxylic acids is 1. The van der Waals surface area contributed by atoms with Crippen molar-refractivity contribution < 1.29 is 4.79 Å². The molecule has 7 heteroatoms. The third-order valence-electron chi connectivity index (χ3n) is 5.07. The largest absolute Gasteiger partial charge is 0.353 e. The molecule has 0 bridgehead atoms. The number of aryl methyl sites for hydroxylation is 1. The first-order chi connectivity index (χ1) is 12.8. The summed E-state index contributed by atoms with van der Waals surface area (Å²) in [5.74, 6) is 0.955. The zero-order chi connectivity index (χ0) is 19.6. The highest BCUT2D eigenvalue weighted by molar-refractivity contribution is 6.42. The molecule has 0 aliphatic carbocycles. The van der Waals surface area contributed by atoms with Gasteiger partial charge in [0.25, 0.3) is 0 Å². The Balaban J connectivity index is 1.73. The summed E-state index contributed by atoms with van der Waals surface area (Å²) in [6, 6.07) is 9.35. The molecular weight excluding hydrogens is 383 g/mol. The summed E-state index contributed by atoms with van der Waals surface area (Å²) in [5.41, 5.74) is 1.09. The van der Waals surface area contributed by atoms with E-state index in [1.807, 2.05) is 43.9 Å². The van der Waals surface area contributed by atoms with E-state index < -0.39 is 5.41 Å². The molecule has 3 rings (SSSR count). The number of aromatic nitrogens is 2.